The van der Waals surface area contributed by atoms with Crippen LogP contribution >= 0.6 is 11.3 Å². The molecule has 4 aliphatic rings. The van der Waals surface area contributed by atoms with Gasteiger partial charge in [0, 0.05) is 23.3 Å². The summed E-state index contributed by atoms with van der Waals surface area (Å²) >= 11 is 1.85. The molecule has 3 amide bonds. The molecule has 1 unspecified atom stereocenters. The van der Waals surface area contributed by atoms with Crippen LogP contribution in [0.25, 0.3) is 32.3 Å². The van der Waals surface area contributed by atoms with Crippen molar-refractivity contribution in [3.05, 3.63) is 59.4 Å². The standard InChI is InChI=1S/C46H59N7O6S/c1-25(2)36(51-44(56)58-5)38(54)29-11-9-12-30(29)41-47-24-33(50-41)40-31-18-21-46(19-7-8-20-46)35(31)39(60-40)28-16-14-27(15-17-28)32-23-48-42(49-32)34-13-10-22-53(34)43(55)37(26(3)4)52-45(57)59-6/h14-17,23-26,29-30,34,36-37H,7-13,18-22H2,1-6H3,(H,47,50)(H,48,49)(H,51,56)(H,52,57)/t29?,30-,34+,36+,37+/m1/s1. The highest BCUT2D eigenvalue weighted by Crippen LogP contribution is 2.58. The number of hydrogen-bond donors (Lipinski definition) is 4. The number of thiophene rings is 1. The van der Waals surface area contributed by atoms with Crippen LogP contribution in [-0.4, -0.2) is 81.6 Å². The Morgan fingerprint density at radius 3 is 2.08 bits per heavy atom. The predicted octanol–water partition coefficient (Wildman–Crippen LogP) is 8.83. The number of nitrogens with zero attached hydrogens (tertiary/aromatic N) is 3. The number of carbonyl (C=O) groups excluding carboxylic acids is 4. The molecule has 2 saturated carbocycles. The van der Waals surface area contributed by atoms with Crippen molar-refractivity contribution in [2.24, 2.45) is 17.8 Å². The van der Waals surface area contributed by atoms with Crippen LogP contribution < -0.4 is 10.6 Å². The zero-order valence-electron chi connectivity index (χ0n) is 35.7. The number of imidazole rings is 2. The first-order chi connectivity index (χ1) is 28.9. The molecule has 4 heterocycles. The zero-order chi connectivity index (χ0) is 42.3. The second-order valence-corrected chi connectivity index (χ2v) is 19.0. The van der Waals surface area contributed by atoms with Crippen molar-refractivity contribution >= 4 is 35.2 Å². The number of rotatable bonds is 12. The van der Waals surface area contributed by atoms with E-state index in [0.29, 0.717) is 6.54 Å². The second-order valence-electron chi connectivity index (χ2n) is 18.0. The number of ether oxygens (including phenoxy) is 2. The Morgan fingerprint density at radius 1 is 0.767 bits per heavy atom. The Labute approximate surface area is 356 Å². The number of likely N-dealkylation sites (tertiary alicyclic amines) is 1. The van der Waals surface area contributed by atoms with Crippen molar-refractivity contribution in [1.29, 1.82) is 0 Å². The third-order valence-electron chi connectivity index (χ3n) is 13.8. The molecule has 0 bridgehead atoms. The van der Waals surface area contributed by atoms with Gasteiger partial charge in [-0.2, -0.15) is 0 Å². The van der Waals surface area contributed by atoms with Crippen LogP contribution in [0, 0.1) is 17.8 Å². The van der Waals surface area contributed by atoms with E-state index in [9.17, 15) is 19.2 Å². The molecule has 60 heavy (non-hydrogen) atoms. The number of H-pyrrole nitrogens is 2. The molecule has 4 aromatic rings. The predicted molar refractivity (Wildman–Crippen MR) is 230 cm³/mol. The zero-order valence-corrected chi connectivity index (χ0v) is 36.5. The van der Waals surface area contributed by atoms with E-state index in [0.717, 1.165) is 67.1 Å². The fourth-order valence-corrected chi connectivity index (χ4v) is 12.1. The van der Waals surface area contributed by atoms with Crippen molar-refractivity contribution < 1.29 is 28.7 Å². The molecule has 8 rings (SSSR count). The minimum atomic E-state index is -0.686. The maximum absolute atomic E-state index is 13.9. The Kier molecular flexibility index (Phi) is 12.0. The molecular weight excluding hydrogens is 779 g/mol. The van der Waals surface area contributed by atoms with E-state index in [1.54, 1.807) is 0 Å². The molecule has 3 aliphatic carbocycles. The molecule has 1 spiro atoms. The maximum Gasteiger partial charge on any atom is 0.407 e. The van der Waals surface area contributed by atoms with Gasteiger partial charge in [0.15, 0.2) is 5.78 Å². The molecule has 0 radical (unpaired) electrons. The molecule has 320 valence electrons. The summed E-state index contributed by atoms with van der Waals surface area (Å²) in [6, 6.07) is 7.27. The molecule has 13 nitrogen and oxygen atoms in total. The van der Waals surface area contributed by atoms with Crippen molar-refractivity contribution in [1.82, 2.24) is 35.5 Å². The average Bonchev–Trinajstić information content (AvgIpc) is 4.10. The first-order valence-corrected chi connectivity index (χ1v) is 22.6. The number of nitrogens with one attached hydrogen (secondary N) is 4. The van der Waals surface area contributed by atoms with Crippen molar-refractivity contribution in [2.75, 3.05) is 20.8 Å². The summed E-state index contributed by atoms with van der Waals surface area (Å²) < 4.78 is 9.64. The van der Waals surface area contributed by atoms with Crippen LogP contribution in [-0.2, 0) is 30.9 Å². The van der Waals surface area contributed by atoms with E-state index in [4.69, 9.17) is 19.4 Å². The highest BCUT2D eigenvalue weighted by molar-refractivity contribution is 7.19. The number of alkyl carbamates (subject to hydrolysis) is 2. The van der Waals surface area contributed by atoms with E-state index in [1.165, 1.54) is 72.8 Å². The molecule has 14 heteroatoms. The first-order valence-electron chi connectivity index (χ1n) is 21.8. The van der Waals surface area contributed by atoms with Gasteiger partial charge in [-0.15, -0.1) is 11.3 Å². The number of amides is 3. The molecule has 4 N–H and O–H groups in total. The number of Topliss-reactive ketones (excluding diaryl/α,β-unsaturated/α-hetero) is 1. The topological polar surface area (TPSA) is 171 Å². The smallest absolute Gasteiger partial charge is 0.407 e. The fraction of sp³-hybridized carbons (Fsp3) is 0.565. The highest BCUT2D eigenvalue weighted by atomic mass is 32.1. The third-order valence-corrected chi connectivity index (χ3v) is 15.1. The van der Waals surface area contributed by atoms with Gasteiger partial charge in [-0.3, -0.25) is 9.59 Å². The van der Waals surface area contributed by atoms with Gasteiger partial charge in [0.2, 0.25) is 5.91 Å². The van der Waals surface area contributed by atoms with Crippen LogP contribution in [0.2, 0.25) is 0 Å². The quantitative estimate of drug-likeness (QED) is 0.110. The Bertz CT molecular complexity index is 2220. The lowest BCUT2D eigenvalue weighted by Crippen LogP contribution is -2.51. The molecule has 3 aromatic heterocycles. The van der Waals surface area contributed by atoms with Crippen LogP contribution in [0.15, 0.2) is 36.7 Å². The summed E-state index contributed by atoms with van der Waals surface area (Å²) in [7, 11) is 2.62. The van der Waals surface area contributed by atoms with Crippen molar-refractivity contribution in [3.8, 4) is 32.3 Å². The monoisotopic (exact) mass is 837 g/mol. The van der Waals surface area contributed by atoms with E-state index in [1.807, 2.05) is 56.3 Å². The van der Waals surface area contributed by atoms with Gasteiger partial charge < -0.3 is 35.0 Å². The van der Waals surface area contributed by atoms with Gasteiger partial charge in [-0.05, 0) is 90.9 Å². The van der Waals surface area contributed by atoms with E-state index in [2.05, 4.69) is 44.9 Å². The molecule has 1 aromatic carbocycles. The Morgan fingerprint density at radius 2 is 1.40 bits per heavy atom. The Balaban J connectivity index is 1.04. The lowest BCUT2D eigenvalue weighted by molar-refractivity contribution is -0.135. The summed E-state index contributed by atoms with van der Waals surface area (Å²) in [5.41, 5.74) is 7.28. The number of hydrogen-bond acceptors (Lipinski definition) is 9. The summed E-state index contributed by atoms with van der Waals surface area (Å²) in [5.74, 6) is 1.09. The number of benzene rings is 1. The number of ketones is 1. The molecule has 5 atom stereocenters. The van der Waals surface area contributed by atoms with Crippen molar-refractivity contribution in [2.45, 2.75) is 128 Å². The molecule has 1 saturated heterocycles. The lowest BCUT2D eigenvalue weighted by atomic mass is 9.79. The first kappa shape index (κ1) is 41.7. The minimum absolute atomic E-state index is 0.0334. The summed E-state index contributed by atoms with van der Waals surface area (Å²) in [4.78, 5) is 73.2. The normalized spacial score (nSPS) is 21.7. The number of fused-ring (bicyclic) bond motifs is 2. The minimum Gasteiger partial charge on any atom is -0.453 e. The average molecular weight is 838 g/mol. The number of aromatic amines is 2. The van der Waals surface area contributed by atoms with Crippen LogP contribution in [0.3, 0.4) is 0 Å². The van der Waals surface area contributed by atoms with Gasteiger partial charge >= 0.3 is 12.2 Å². The number of carbonyl (C=O) groups is 4. The third kappa shape index (κ3) is 7.75. The number of methoxy groups -OCH3 is 2. The van der Waals surface area contributed by atoms with Gasteiger partial charge in [0.25, 0.3) is 0 Å². The summed E-state index contributed by atoms with van der Waals surface area (Å²) in [5, 5.41) is 5.51. The molecule has 1 aliphatic heterocycles. The maximum atomic E-state index is 13.9. The van der Waals surface area contributed by atoms with Crippen LogP contribution in [0.5, 0.6) is 0 Å². The highest BCUT2D eigenvalue weighted by Gasteiger charge is 2.46. The lowest BCUT2D eigenvalue weighted by Gasteiger charge is -2.30. The second kappa shape index (κ2) is 17.2. The van der Waals surface area contributed by atoms with Crippen molar-refractivity contribution in [3.63, 3.8) is 0 Å². The van der Waals surface area contributed by atoms with E-state index < -0.39 is 24.3 Å². The van der Waals surface area contributed by atoms with E-state index in [-0.39, 0.29) is 46.8 Å². The van der Waals surface area contributed by atoms with Crippen LogP contribution in [0.1, 0.15) is 127 Å². The van der Waals surface area contributed by atoms with E-state index >= 15 is 0 Å². The summed E-state index contributed by atoms with van der Waals surface area (Å²) in [6.45, 7) is 8.34. The molecular formula is C46H59N7O6S. The largest absolute Gasteiger partial charge is 0.453 e. The van der Waals surface area contributed by atoms with Crippen LogP contribution in [0.4, 0.5) is 9.59 Å². The Hall–Kier alpha value is -4.98. The fourth-order valence-electron chi connectivity index (χ4n) is 10.6. The molecule has 3 fully saturated rings. The van der Waals surface area contributed by atoms with Gasteiger partial charge in [-0.1, -0.05) is 71.2 Å². The number of aromatic nitrogens is 4. The SMILES string of the molecule is COC(=O)N[C@H](C(=O)C1CCC[C@H]1c1ncc(-c2sc(-c3ccc(-c4cnc([C@@H]5CCCN5C(=O)[C@@H](NC(=O)OC)C(C)C)[nH]4)cc3)c3c2CCC32CCCC2)[nH]1)C(C)C. The van der Waals surface area contributed by atoms with Gasteiger partial charge in [0.05, 0.1) is 55.0 Å². The summed E-state index contributed by atoms with van der Waals surface area (Å²) in [6.07, 6.45) is 14.0. The van der Waals surface area contributed by atoms with Gasteiger partial charge in [-0.25, -0.2) is 19.6 Å². The van der Waals surface area contributed by atoms with Gasteiger partial charge in [0.1, 0.15) is 17.7 Å².